The lowest BCUT2D eigenvalue weighted by Crippen LogP contribution is -2.55. The van der Waals surface area contributed by atoms with Gasteiger partial charge in [-0.15, -0.1) is 11.3 Å². The van der Waals surface area contributed by atoms with Gasteiger partial charge in [0.1, 0.15) is 4.21 Å². The number of hydrogen-bond donors (Lipinski definition) is 0. The molecule has 0 aliphatic carbocycles. The Labute approximate surface area is 230 Å². The van der Waals surface area contributed by atoms with Crippen molar-refractivity contribution in [1.82, 2.24) is 9.29 Å². The second-order valence-corrected chi connectivity index (χ2v) is 12.3. The number of piperazine rings is 1. The van der Waals surface area contributed by atoms with Gasteiger partial charge >= 0.3 is 18.3 Å². The molecule has 2 aromatic heterocycles. The molecule has 1 aromatic carbocycles. The quantitative estimate of drug-likeness (QED) is 0.273. The highest BCUT2D eigenvalue weighted by Gasteiger charge is 2.59. The number of esters is 1. The number of sulfonamides is 1. The lowest BCUT2D eigenvalue weighted by molar-refractivity contribution is -0.285. The van der Waals surface area contributed by atoms with E-state index in [1.807, 2.05) is 4.90 Å². The Morgan fingerprint density at radius 2 is 1.68 bits per heavy atom. The van der Waals surface area contributed by atoms with E-state index in [1.54, 1.807) is 36.0 Å². The molecule has 15 heteroatoms. The molecule has 0 N–H and O–H groups in total. The van der Waals surface area contributed by atoms with E-state index < -0.39 is 45.6 Å². The van der Waals surface area contributed by atoms with Gasteiger partial charge in [0.2, 0.25) is 5.60 Å². The van der Waals surface area contributed by atoms with Crippen molar-refractivity contribution in [3.63, 3.8) is 0 Å². The van der Waals surface area contributed by atoms with Gasteiger partial charge in [-0.25, -0.2) is 13.2 Å². The number of alkyl halides is 6. The van der Waals surface area contributed by atoms with Crippen LogP contribution in [0.15, 0.2) is 70.5 Å². The van der Waals surface area contributed by atoms with Crippen LogP contribution in [-0.2, 0) is 31.6 Å². The largest absolute Gasteiger partial charge is 0.490 e. The molecule has 1 aliphatic heterocycles. The molecule has 1 aliphatic rings. The fraction of sp³-hybridized carbons (Fsp3) is 0.360. The second kappa shape index (κ2) is 11.0. The predicted molar refractivity (Wildman–Crippen MR) is 134 cm³/mol. The summed E-state index contributed by atoms with van der Waals surface area (Å²) in [4.78, 5) is 17.1. The van der Waals surface area contributed by atoms with Crippen molar-refractivity contribution >= 4 is 33.0 Å². The highest BCUT2D eigenvalue weighted by atomic mass is 32.2. The monoisotopic (exact) mass is 607 g/mol. The third-order valence-electron chi connectivity index (χ3n) is 6.57. The van der Waals surface area contributed by atoms with Crippen molar-refractivity contribution in [2.45, 2.75) is 41.5 Å². The zero-order valence-electron chi connectivity index (χ0n) is 20.8. The number of pyridine rings is 1. The fourth-order valence-electron chi connectivity index (χ4n) is 4.38. The van der Waals surface area contributed by atoms with Crippen LogP contribution in [0, 0.1) is 0 Å². The standard InChI is InChI=1S/C25H23F6N3O4S2/c1-23(25(29,30)31,38-22(35)24(26,27)28)18-4-6-19(7-5-18)34-13-12-33(40(36,37)21-3-2-14-39-21)16-20(34)15-17-8-10-32-11-9-17/h2-11,14,20H,12-13,15-16H2,1H3/t20-,23-/m1/s1. The molecule has 0 amide bonds. The summed E-state index contributed by atoms with van der Waals surface area (Å²) in [5.74, 6) is -2.96. The first-order valence-electron chi connectivity index (χ1n) is 11.8. The first-order chi connectivity index (χ1) is 18.6. The van der Waals surface area contributed by atoms with Gasteiger partial charge in [-0.05, 0) is 54.6 Å². The summed E-state index contributed by atoms with van der Waals surface area (Å²) >= 11 is 1.09. The normalized spacial score (nSPS) is 18.8. The zero-order chi connectivity index (χ0) is 29.3. The molecular weight excluding hydrogens is 584 g/mol. The number of nitrogens with zero attached hydrogens (tertiary/aromatic N) is 3. The Hall–Kier alpha value is -3.17. The van der Waals surface area contributed by atoms with Crippen molar-refractivity contribution in [1.29, 1.82) is 0 Å². The zero-order valence-corrected chi connectivity index (χ0v) is 22.4. The van der Waals surface area contributed by atoms with Gasteiger partial charge in [0.05, 0.1) is 0 Å². The maximum Gasteiger partial charge on any atom is 0.490 e. The van der Waals surface area contributed by atoms with Crippen LogP contribution in [0.4, 0.5) is 32.0 Å². The van der Waals surface area contributed by atoms with Gasteiger partial charge in [0, 0.05) is 49.3 Å². The van der Waals surface area contributed by atoms with Gasteiger partial charge in [0.15, 0.2) is 0 Å². The van der Waals surface area contributed by atoms with E-state index in [0.29, 0.717) is 19.0 Å². The van der Waals surface area contributed by atoms with E-state index in [-0.39, 0.29) is 23.8 Å². The van der Waals surface area contributed by atoms with Crippen LogP contribution in [0.3, 0.4) is 0 Å². The van der Waals surface area contributed by atoms with E-state index in [1.165, 1.54) is 22.5 Å². The number of aromatic nitrogens is 1. The molecular formula is C25H23F6N3O4S2. The predicted octanol–water partition coefficient (Wildman–Crippen LogP) is 5.15. The van der Waals surface area contributed by atoms with Crippen molar-refractivity contribution in [3.05, 3.63) is 77.4 Å². The molecule has 0 bridgehead atoms. The summed E-state index contributed by atoms with van der Waals surface area (Å²) in [5.41, 5.74) is -2.99. The Morgan fingerprint density at radius 1 is 1.02 bits per heavy atom. The maximum absolute atomic E-state index is 13.8. The highest BCUT2D eigenvalue weighted by Crippen LogP contribution is 2.44. The first-order valence-corrected chi connectivity index (χ1v) is 14.1. The second-order valence-electron chi connectivity index (χ2n) is 9.17. The molecule has 216 valence electrons. The van der Waals surface area contributed by atoms with E-state index in [4.69, 9.17) is 0 Å². The van der Waals surface area contributed by atoms with Crippen molar-refractivity contribution < 1.29 is 44.3 Å². The molecule has 2 atom stereocenters. The number of ether oxygens (including phenoxy) is 1. The first kappa shape index (κ1) is 29.8. The Morgan fingerprint density at radius 3 is 2.23 bits per heavy atom. The lowest BCUT2D eigenvalue weighted by atomic mass is 9.94. The van der Waals surface area contributed by atoms with Gasteiger partial charge in [-0.3, -0.25) is 4.98 Å². The molecule has 4 rings (SSSR count). The lowest BCUT2D eigenvalue weighted by Gasteiger charge is -2.42. The van der Waals surface area contributed by atoms with Gasteiger partial charge < -0.3 is 9.64 Å². The summed E-state index contributed by atoms with van der Waals surface area (Å²) in [5, 5.41) is 1.65. The van der Waals surface area contributed by atoms with Crippen LogP contribution in [-0.4, -0.2) is 61.7 Å². The minimum absolute atomic E-state index is 0.0772. The third kappa shape index (κ3) is 6.10. The average molecular weight is 608 g/mol. The van der Waals surface area contributed by atoms with Crippen LogP contribution >= 0.6 is 11.3 Å². The van der Waals surface area contributed by atoms with Crippen LogP contribution in [0.2, 0.25) is 0 Å². The van der Waals surface area contributed by atoms with Gasteiger partial charge in [0.25, 0.3) is 10.0 Å². The molecule has 0 radical (unpaired) electrons. The Bertz CT molecular complexity index is 1420. The number of rotatable bonds is 7. The summed E-state index contributed by atoms with van der Waals surface area (Å²) in [6.07, 6.45) is -7.42. The number of carbonyl (C=O) groups is 1. The SMILES string of the molecule is C[C@@](OC(=O)C(F)(F)F)(c1ccc(N2CCN(S(=O)(=O)c3cccs3)C[C@H]2Cc2ccncc2)cc1)C(F)(F)F. The van der Waals surface area contributed by atoms with E-state index in [0.717, 1.165) is 29.0 Å². The molecule has 7 nitrogen and oxygen atoms in total. The van der Waals surface area contributed by atoms with Crippen LogP contribution in [0.1, 0.15) is 18.1 Å². The number of benzene rings is 1. The fourth-order valence-corrected chi connectivity index (χ4v) is 7.00. The third-order valence-corrected chi connectivity index (χ3v) is 9.81. The summed E-state index contributed by atoms with van der Waals surface area (Å²) in [7, 11) is -3.77. The Balaban J connectivity index is 1.64. The average Bonchev–Trinajstić information content (AvgIpc) is 3.44. The number of hydrogen-bond acceptors (Lipinski definition) is 7. The van der Waals surface area contributed by atoms with Crippen molar-refractivity contribution in [3.8, 4) is 0 Å². The van der Waals surface area contributed by atoms with Crippen molar-refractivity contribution in [2.75, 3.05) is 24.5 Å². The molecule has 0 unspecified atom stereocenters. The van der Waals surface area contributed by atoms with Crippen molar-refractivity contribution in [2.24, 2.45) is 0 Å². The van der Waals surface area contributed by atoms with E-state index in [9.17, 15) is 39.6 Å². The molecule has 3 heterocycles. The minimum atomic E-state index is -5.62. The van der Waals surface area contributed by atoms with Crippen LogP contribution < -0.4 is 4.90 Å². The molecule has 40 heavy (non-hydrogen) atoms. The summed E-state index contributed by atoms with van der Waals surface area (Å²) < 4.78 is 112. The van der Waals surface area contributed by atoms with E-state index >= 15 is 0 Å². The summed E-state index contributed by atoms with van der Waals surface area (Å²) in [6, 6.07) is 10.7. The van der Waals surface area contributed by atoms with Gasteiger partial charge in [-0.2, -0.15) is 30.6 Å². The smallest absolute Gasteiger partial charge is 0.438 e. The molecule has 3 aromatic rings. The molecule has 1 fully saturated rings. The maximum atomic E-state index is 13.8. The Kier molecular flexibility index (Phi) is 8.20. The highest BCUT2D eigenvalue weighted by molar-refractivity contribution is 7.91. The number of halogens is 6. The molecule has 0 saturated carbocycles. The van der Waals surface area contributed by atoms with Crippen LogP contribution in [0.25, 0.3) is 0 Å². The minimum Gasteiger partial charge on any atom is -0.438 e. The molecule has 1 saturated heterocycles. The van der Waals surface area contributed by atoms with E-state index in [2.05, 4.69) is 9.72 Å². The summed E-state index contributed by atoms with van der Waals surface area (Å²) in [6.45, 7) is 0.720. The van der Waals surface area contributed by atoms with Crippen LogP contribution in [0.5, 0.6) is 0 Å². The number of thiophene rings is 1. The number of anilines is 1. The number of carbonyl (C=O) groups excluding carboxylic acids is 1. The molecule has 0 spiro atoms. The van der Waals surface area contributed by atoms with Gasteiger partial charge in [-0.1, -0.05) is 18.2 Å². The topological polar surface area (TPSA) is 79.8 Å².